The van der Waals surface area contributed by atoms with Crippen LogP contribution in [-0.2, 0) is 25.8 Å². The molecule has 1 aromatic heterocycles. The molecule has 5 rings (SSSR count). The van der Waals surface area contributed by atoms with E-state index in [0.717, 1.165) is 17.2 Å². The maximum atomic E-state index is 13.7. The molecule has 1 aliphatic heterocycles. The van der Waals surface area contributed by atoms with E-state index in [4.69, 9.17) is 13.9 Å². The highest BCUT2D eigenvalue weighted by Crippen LogP contribution is 2.34. The third-order valence-corrected chi connectivity index (χ3v) is 6.54. The second kappa shape index (κ2) is 11.2. The lowest BCUT2D eigenvalue weighted by Crippen LogP contribution is -2.28. The van der Waals surface area contributed by atoms with E-state index in [1.54, 1.807) is 18.2 Å². The third-order valence-electron chi connectivity index (χ3n) is 6.54. The van der Waals surface area contributed by atoms with Crippen molar-refractivity contribution in [2.45, 2.75) is 38.8 Å². The Morgan fingerprint density at radius 3 is 2.54 bits per heavy atom. The van der Waals surface area contributed by atoms with Gasteiger partial charge in [0.1, 0.15) is 6.26 Å². The predicted octanol–water partition coefficient (Wildman–Crippen LogP) is 6.12. The van der Waals surface area contributed by atoms with E-state index in [1.165, 1.54) is 18.4 Å². The molecule has 0 saturated carbocycles. The Balaban J connectivity index is 1.31. The SMILES string of the molecule is CC(c1ccccc1)N(Cc1nc(C(=O)NCc2ccc3c(c2)OCO3)co1)Cc1ccccc1C(F)(F)F. The minimum absolute atomic E-state index is 0.000230. The average Bonchev–Trinajstić information content (AvgIpc) is 3.60. The maximum absolute atomic E-state index is 13.7. The number of carbonyl (C=O) groups is 1. The van der Waals surface area contributed by atoms with Gasteiger partial charge in [0.2, 0.25) is 12.7 Å². The van der Waals surface area contributed by atoms with Gasteiger partial charge in [-0.3, -0.25) is 9.69 Å². The van der Waals surface area contributed by atoms with E-state index in [0.29, 0.717) is 11.5 Å². The van der Waals surface area contributed by atoms with Gasteiger partial charge in [0.25, 0.3) is 5.91 Å². The first-order valence-electron chi connectivity index (χ1n) is 12.3. The first kappa shape index (κ1) is 26.3. The van der Waals surface area contributed by atoms with Crippen LogP contribution >= 0.6 is 0 Å². The quantitative estimate of drug-likeness (QED) is 0.277. The summed E-state index contributed by atoms with van der Waals surface area (Å²) in [6, 6.07) is 20.1. The van der Waals surface area contributed by atoms with Gasteiger partial charge >= 0.3 is 6.18 Å². The number of fused-ring (bicyclic) bond motifs is 1. The van der Waals surface area contributed by atoms with Crippen LogP contribution in [0.3, 0.4) is 0 Å². The molecule has 1 N–H and O–H groups in total. The number of alkyl halides is 3. The van der Waals surface area contributed by atoms with Crippen LogP contribution in [0.1, 0.15) is 51.6 Å². The number of carbonyl (C=O) groups excluding carboxylic acids is 1. The van der Waals surface area contributed by atoms with Crippen LogP contribution in [0, 0.1) is 0 Å². The largest absolute Gasteiger partial charge is 0.454 e. The summed E-state index contributed by atoms with van der Waals surface area (Å²) in [5, 5.41) is 2.79. The summed E-state index contributed by atoms with van der Waals surface area (Å²) in [4.78, 5) is 18.9. The molecule has 39 heavy (non-hydrogen) atoms. The van der Waals surface area contributed by atoms with Crippen molar-refractivity contribution in [3.63, 3.8) is 0 Å². The van der Waals surface area contributed by atoms with Crippen LogP contribution in [0.15, 0.2) is 83.5 Å². The molecule has 1 aliphatic rings. The van der Waals surface area contributed by atoms with Crippen molar-refractivity contribution in [2.75, 3.05) is 6.79 Å². The Labute approximate surface area is 223 Å². The third kappa shape index (κ3) is 6.23. The Bertz CT molecular complexity index is 1440. The van der Waals surface area contributed by atoms with Gasteiger partial charge in [-0.05, 0) is 41.8 Å². The summed E-state index contributed by atoms with van der Waals surface area (Å²) in [5.74, 6) is 1.05. The van der Waals surface area contributed by atoms with Crippen LogP contribution in [0.25, 0.3) is 0 Å². The van der Waals surface area contributed by atoms with Gasteiger partial charge in [-0.2, -0.15) is 13.2 Å². The molecule has 0 fully saturated rings. The predicted molar refractivity (Wildman–Crippen MR) is 136 cm³/mol. The van der Waals surface area contributed by atoms with Crippen molar-refractivity contribution >= 4 is 5.91 Å². The zero-order valence-corrected chi connectivity index (χ0v) is 21.1. The van der Waals surface area contributed by atoms with Gasteiger partial charge < -0.3 is 19.2 Å². The fourth-order valence-corrected chi connectivity index (χ4v) is 4.41. The van der Waals surface area contributed by atoms with Crippen molar-refractivity contribution in [2.24, 2.45) is 0 Å². The Morgan fingerprint density at radius 1 is 1.00 bits per heavy atom. The summed E-state index contributed by atoms with van der Waals surface area (Å²) >= 11 is 0. The van der Waals surface area contributed by atoms with Crippen LogP contribution in [0.4, 0.5) is 13.2 Å². The normalized spacial score (nSPS) is 13.5. The summed E-state index contributed by atoms with van der Waals surface area (Å²) < 4.78 is 57.3. The average molecular weight is 538 g/mol. The number of rotatable bonds is 9. The van der Waals surface area contributed by atoms with E-state index in [9.17, 15) is 18.0 Å². The molecule has 0 saturated heterocycles. The number of hydrogen-bond donors (Lipinski definition) is 1. The van der Waals surface area contributed by atoms with E-state index in [-0.39, 0.29) is 49.6 Å². The van der Waals surface area contributed by atoms with Crippen LogP contribution in [-0.4, -0.2) is 22.6 Å². The molecule has 0 spiro atoms. The summed E-state index contributed by atoms with van der Waals surface area (Å²) in [6.07, 6.45) is -3.23. The minimum Gasteiger partial charge on any atom is -0.454 e. The number of oxazole rings is 1. The molecular weight excluding hydrogens is 511 g/mol. The zero-order chi connectivity index (χ0) is 27.4. The highest BCUT2D eigenvalue weighted by atomic mass is 19.4. The number of amides is 1. The Morgan fingerprint density at radius 2 is 1.74 bits per heavy atom. The molecule has 0 bridgehead atoms. The standard InChI is InChI=1S/C29H26F3N3O4/c1-19(21-7-3-2-4-8-21)35(15-22-9-5-6-10-23(22)29(30,31)32)16-27-34-24(17-37-27)28(36)33-14-20-11-12-25-26(13-20)39-18-38-25/h2-13,17,19H,14-16,18H2,1H3,(H,33,36). The molecular formula is C29H26F3N3O4. The molecule has 4 aromatic rings. The molecule has 1 unspecified atom stereocenters. The topological polar surface area (TPSA) is 76.8 Å². The van der Waals surface area contributed by atoms with Gasteiger partial charge in [-0.1, -0.05) is 54.6 Å². The number of benzene rings is 3. The van der Waals surface area contributed by atoms with E-state index >= 15 is 0 Å². The van der Waals surface area contributed by atoms with Crippen molar-refractivity contribution in [1.29, 1.82) is 0 Å². The summed E-state index contributed by atoms with van der Waals surface area (Å²) in [6.45, 7) is 2.41. The van der Waals surface area contributed by atoms with E-state index in [1.807, 2.05) is 48.2 Å². The molecule has 1 atom stereocenters. The number of hydrogen-bond acceptors (Lipinski definition) is 6. The molecule has 7 nitrogen and oxygen atoms in total. The molecule has 202 valence electrons. The van der Waals surface area contributed by atoms with Gasteiger partial charge in [-0.25, -0.2) is 4.98 Å². The minimum atomic E-state index is -4.48. The molecule has 0 radical (unpaired) electrons. The van der Waals surface area contributed by atoms with E-state index in [2.05, 4.69) is 10.3 Å². The number of halogens is 3. The van der Waals surface area contributed by atoms with Crippen molar-refractivity contribution in [3.8, 4) is 11.5 Å². The van der Waals surface area contributed by atoms with E-state index < -0.39 is 17.6 Å². The van der Waals surface area contributed by atoms with Crippen molar-refractivity contribution in [3.05, 3.63) is 113 Å². The fourth-order valence-electron chi connectivity index (χ4n) is 4.41. The van der Waals surface area contributed by atoms with Crippen molar-refractivity contribution in [1.82, 2.24) is 15.2 Å². The van der Waals surface area contributed by atoms with Crippen LogP contribution in [0.2, 0.25) is 0 Å². The number of nitrogens with zero attached hydrogens (tertiary/aromatic N) is 2. The molecule has 0 aliphatic carbocycles. The maximum Gasteiger partial charge on any atom is 0.416 e. The smallest absolute Gasteiger partial charge is 0.416 e. The monoisotopic (exact) mass is 537 g/mol. The highest BCUT2D eigenvalue weighted by Gasteiger charge is 2.34. The number of nitrogens with one attached hydrogen (secondary N) is 1. The lowest BCUT2D eigenvalue weighted by molar-refractivity contribution is -0.138. The number of ether oxygens (including phenoxy) is 2. The summed E-state index contributed by atoms with van der Waals surface area (Å²) in [5.41, 5.74) is 1.28. The molecule has 1 amide bonds. The summed E-state index contributed by atoms with van der Waals surface area (Å²) in [7, 11) is 0. The molecule has 2 heterocycles. The Kier molecular flexibility index (Phi) is 7.56. The zero-order valence-electron chi connectivity index (χ0n) is 21.1. The molecule has 3 aromatic carbocycles. The first-order chi connectivity index (χ1) is 18.8. The second-order valence-corrected chi connectivity index (χ2v) is 9.14. The highest BCUT2D eigenvalue weighted by molar-refractivity contribution is 5.91. The van der Waals surface area contributed by atoms with Gasteiger partial charge in [0.15, 0.2) is 17.2 Å². The van der Waals surface area contributed by atoms with Crippen LogP contribution in [0.5, 0.6) is 11.5 Å². The second-order valence-electron chi connectivity index (χ2n) is 9.14. The Hall–Kier alpha value is -4.31. The van der Waals surface area contributed by atoms with Gasteiger partial charge in [0.05, 0.1) is 12.1 Å². The lowest BCUT2D eigenvalue weighted by Gasteiger charge is -2.29. The fraction of sp³-hybridized carbons (Fsp3) is 0.241. The van der Waals surface area contributed by atoms with Crippen LogP contribution < -0.4 is 14.8 Å². The number of aromatic nitrogens is 1. The van der Waals surface area contributed by atoms with Gasteiger partial charge in [0, 0.05) is 19.1 Å². The van der Waals surface area contributed by atoms with Gasteiger partial charge in [-0.15, -0.1) is 0 Å². The first-order valence-corrected chi connectivity index (χ1v) is 12.3. The molecule has 10 heteroatoms. The lowest BCUT2D eigenvalue weighted by atomic mass is 10.0. The van der Waals surface area contributed by atoms with Crippen molar-refractivity contribution < 1.29 is 31.9 Å².